The van der Waals surface area contributed by atoms with E-state index in [-0.39, 0.29) is 11.3 Å². The molecule has 1 saturated carbocycles. The number of benzene rings is 1. The van der Waals surface area contributed by atoms with Crippen LogP contribution in [0.5, 0.6) is 0 Å². The van der Waals surface area contributed by atoms with Crippen LogP contribution < -0.4 is 11.5 Å². The average molecular weight is 218 g/mol. The summed E-state index contributed by atoms with van der Waals surface area (Å²) in [6, 6.07) is 5.78. The molecular weight excluding hydrogens is 204 g/mol. The van der Waals surface area contributed by atoms with E-state index in [1.807, 2.05) is 25.1 Å². The third kappa shape index (κ3) is 1.23. The second-order valence-electron chi connectivity index (χ2n) is 4.45. The van der Waals surface area contributed by atoms with Gasteiger partial charge in [-0.2, -0.15) is 0 Å². The quantitative estimate of drug-likeness (QED) is 0.832. The summed E-state index contributed by atoms with van der Waals surface area (Å²) in [6.07, 6.45) is 2.04. The van der Waals surface area contributed by atoms with Crippen LogP contribution in [0.4, 0.5) is 0 Å². The summed E-state index contributed by atoms with van der Waals surface area (Å²) in [4.78, 5) is 11.5. The van der Waals surface area contributed by atoms with E-state index in [0.29, 0.717) is 12.1 Å². The summed E-state index contributed by atoms with van der Waals surface area (Å²) in [6.45, 7) is 2.55. The highest BCUT2D eigenvalue weighted by Gasteiger charge is 2.40. The first-order chi connectivity index (χ1) is 7.64. The molecule has 4 heteroatoms. The molecule has 1 fully saturated rings. The van der Waals surface area contributed by atoms with Crippen LogP contribution in [0.3, 0.4) is 0 Å². The highest BCUT2D eigenvalue weighted by Crippen LogP contribution is 2.43. The maximum atomic E-state index is 11.5. The lowest BCUT2D eigenvalue weighted by molar-refractivity contribution is 0.513. The van der Waals surface area contributed by atoms with Crippen molar-refractivity contribution in [1.82, 2.24) is 4.57 Å². The van der Waals surface area contributed by atoms with Crippen LogP contribution >= 0.6 is 0 Å². The summed E-state index contributed by atoms with van der Waals surface area (Å²) in [5.74, 6) is -0.295. The molecule has 0 atom stereocenters. The number of aromatic nitrogens is 1. The molecule has 16 heavy (non-hydrogen) atoms. The smallest absolute Gasteiger partial charge is 0.408 e. The number of hydrogen-bond donors (Lipinski definition) is 1. The van der Waals surface area contributed by atoms with Crippen molar-refractivity contribution in [3.8, 4) is 0 Å². The molecule has 0 spiro atoms. The number of hydrogen-bond acceptors (Lipinski definition) is 3. The third-order valence-electron chi connectivity index (χ3n) is 3.35. The van der Waals surface area contributed by atoms with E-state index in [1.54, 1.807) is 4.57 Å². The van der Waals surface area contributed by atoms with Crippen LogP contribution in [0.15, 0.2) is 27.4 Å². The Bertz CT molecular complexity index is 605. The zero-order valence-corrected chi connectivity index (χ0v) is 9.19. The second-order valence-corrected chi connectivity index (χ2v) is 4.45. The molecule has 4 nitrogen and oxygen atoms in total. The first kappa shape index (κ1) is 9.66. The van der Waals surface area contributed by atoms with Crippen molar-refractivity contribution in [3.63, 3.8) is 0 Å². The first-order valence-corrected chi connectivity index (χ1v) is 5.57. The van der Waals surface area contributed by atoms with Gasteiger partial charge >= 0.3 is 5.76 Å². The summed E-state index contributed by atoms with van der Waals surface area (Å²) in [5.41, 5.74) is 8.56. The molecular formula is C12H14N2O2. The monoisotopic (exact) mass is 218 g/mol. The normalized spacial score (nSPS) is 17.9. The number of nitrogens with zero attached hydrogens (tertiary/aromatic N) is 1. The van der Waals surface area contributed by atoms with Crippen molar-refractivity contribution in [2.24, 2.45) is 5.73 Å². The van der Waals surface area contributed by atoms with Crippen molar-refractivity contribution in [1.29, 1.82) is 0 Å². The van der Waals surface area contributed by atoms with Crippen LogP contribution in [-0.4, -0.2) is 4.57 Å². The number of oxazole rings is 1. The number of fused-ring (bicyclic) bond motifs is 1. The highest BCUT2D eigenvalue weighted by molar-refractivity contribution is 5.74. The minimum atomic E-state index is -0.295. The van der Waals surface area contributed by atoms with Crippen LogP contribution in [0, 0.1) is 0 Å². The summed E-state index contributed by atoms with van der Waals surface area (Å²) in [5, 5.41) is 0. The summed E-state index contributed by atoms with van der Waals surface area (Å²) >= 11 is 0. The van der Waals surface area contributed by atoms with Gasteiger partial charge in [0.1, 0.15) is 0 Å². The Labute approximate surface area is 92.7 Å². The van der Waals surface area contributed by atoms with Crippen molar-refractivity contribution >= 4 is 11.1 Å². The molecule has 0 amide bonds. The van der Waals surface area contributed by atoms with Gasteiger partial charge in [0.2, 0.25) is 0 Å². The molecule has 84 valence electrons. The van der Waals surface area contributed by atoms with Gasteiger partial charge < -0.3 is 10.2 Å². The Kier molecular flexibility index (Phi) is 1.80. The van der Waals surface area contributed by atoms with E-state index in [9.17, 15) is 4.79 Å². The van der Waals surface area contributed by atoms with Crippen LogP contribution in [0.1, 0.15) is 25.3 Å². The molecule has 1 heterocycles. The average Bonchev–Trinajstić information content (AvgIpc) is 2.93. The second kappa shape index (κ2) is 2.98. The largest absolute Gasteiger partial charge is 0.419 e. The molecule has 1 aliphatic rings. The van der Waals surface area contributed by atoms with Gasteiger partial charge in [-0.05, 0) is 37.5 Å². The molecule has 1 aromatic carbocycles. The Morgan fingerprint density at radius 1 is 1.50 bits per heavy atom. The molecule has 0 radical (unpaired) electrons. The number of rotatable bonds is 2. The van der Waals surface area contributed by atoms with E-state index in [2.05, 4.69) is 0 Å². The first-order valence-electron chi connectivity index (χ1n) is 5.57. The molecule has 0 unspecified atom stereocenters. The van der Waals surface area contributed by atoms with E-state index in [0.717, 1.165) is 23.9 Å². The highest BCUT2D eigenvalue weighted by atomic mass is 16.4. The predicted molar refractivity (Wildman–Crippen MR) is 61.2 cm³/mol. The maximum Gasteiger partial charge on any atom is 0.419 e. The minimum absolute atomic E-state index is 0.167. The van der Waals surface area contributed by atoms with Crippen LogP contribution in [0.25, 0.3) is 11.1 Å². The zero-order chi connectivity index (χ0) is 11.3. The standard InChI is InChI=1S/C12H14N2O2/c1-2-14-9-7-8(12(13)5-6-12)3-4-10(9)16-11(14)15/h3-4,7H,2,5-6,13H2,1H3. The van der Waals surface area contributed by atoms with Crippen molar-refractivity contribution in [2.45, 2.75) is 31.8 Å². The van der Waals surface area contributed by atoms with Crippen LogP contribution in [0.2, 0.25) is 0 Å². The molecule has 1 aromatic heterocycles. The van der Waals surface area contributed by atoms with Crippen molar-refractivity contribution in [3.05, 3.63) is 34.3 Å². The summed E-state index contributed by atoms with van der Waals surface area (Å²) < 4.78 is 6.77. The fourth-order valence-electron chi connectivity index (χ4n) is 2.09. The van der Waals surface area contributed by atoms with Gasteiger partial charge in [0.05, 0.1) is 5.52 Å². The SMILES string of the molecule is CCn1c(=O)oc2ccc(C3(N)CC3)cc21. The Morgan fingerprint density at radius 2 is 2.25 bits per heavy atom. The lowest BCUT2D eigenvalue weighted by Crippen LogP contribution is -2.18. The van der Waals surface area contributed by atoms with E-state index >= 15 is 0 Å². The van der Waals surface area contributed by atoms with Crippen molar-refractivity contribution in [2.75, 3.05) is 0 Å². The molecule has 3 rings (SSSR count). The molecule has 1 aliphatic carbocycles. The molecule has 2 aromatic rings. The number of nitrogens with two attached hydrogens (primary N) is 1. The fraction of sp³-hybridized carbons (Fsp3) is 0.417. The lowest BCUT2D eigenvalue weighted by atomic mass is 10.1. The van der Waals surface area contributed by atoms with Gasteiger partial charge in [-0.25, -0.2) is 4.79 Å². The molecule has 0 aliphatic heterocycles. The Balaban J connectivity index is 2.26. The van der Waals surface area contributed by atoms with Gasteiger partial charge in [-0.15, -0.1) is 0 Å². The topological polar surface area (TPSA) is 61.2 Å². The fourth-order valence-corrected chi connectivity index (χ4v) is 2.09. The van der Waals surface area contributed by atoms with E-state index < -0.39 is 0 Å². The van der Waals surface area contributed by atoms with Gasteiger partial charge in [0.15, 0.2) is 5.58 Å². The Morgan fingerprint density at radius 3 is 2.88 bits per heavy atom. The van der Waals surface area contributed by atoms with Gasteiger partial charge in [-0.1, -0.05) is 6.07 Å². The van der Waals surface area contributed by atoms with Gasteiger partial charge in [0, 0.05) is 12.1 Å². The Hall–Kier alpha value is -1.55. The predicted octanol–water partition coefficient (Wildman–Crippen LogP) is 1.56. The van der Waals surface area contributed by atoms with E-state index in [1.165, 1.54) is 0 Å². The minimum Gasteiger partial charge on any atom is -0.408 e. The zero-order valence-electron chi connectivity index (χ0n) is 9.19. The number of aryl methyl sites for hydroxylation is 1. The molecule has 2 N–H and O–H groups in total. The lowest BCUT2D eigenvalue weighted by Gasteiger charge is -2.08. The third-order valence-corrected chi connectivity index (χ3v) is 3.35. The molecule has 0 saturated heterocycles. The summed E-state index contributed by atoms with van der Waals surface area (Å²) in [7, 11) is 0. The molecule has 0 bridgehead atoms. The van der Waals surface area contributed by atoms with E-state index in [4.69, 9.17) is 10.2 Å². The maximum absolute atomic E-state index is 11.5. The van der Waals surface area contributed by atoms with Crippen LogP contribution in [-0.2, 0) is 12.1 Å². The van der Waals surface area contributed by atoms with Gasteiger partial charge in [0.25, 0.3) is 0 Å². The van der Waals surface area contributed by atoms with Gasteiger partial charge in [-0.3, -0.25) is 4.57 Å². The van der Waals surface area contributed by atoms with Crippen molar-refractivity contribution < 1.29 is 4.42 Å².